The summed E-state index contributed by atoms with van der Waals surface area (Å²) in [6.45, 7) is 3.52. The monoisotopic (exact) mass is 157 g/mol. The molecule has 0 saturated carbocycles. The first-order valence-corrected chi connectivity index (χ1v) is 4.39. The maximum atomic E-state index is 9.78. The maximum Gasteiger partial charge on any atom is 0.229 e. The molecule has 0 spiro atoms. The van der Waals surface area contributed by atoms with Crippen LogP contribution in [0.2, 0.25) is 0 Å². The SMILES string of the molecule is CCOC1(O)CC2CCCN21. The van der Waals surface area contributed by atoms with Gasteiger partial charge in [0.1, 0.15) is 0 Å². The summed E-state index contributed by atoms with van der Waals surface area (Å²) < 4.78 is 5.26. The normalized spacial score (nSPS) is 43.6. The van der Waals surface area contributed by atoms with E-state index < -0.39 is 5.91 Å². The summed E-state index contributed by atoms with van der Waals surface area (Å²) in [5.41, 5.74) is 0. The number of hydrogen-bond acceptors (Lipinski definition) is 3. The average Bonchev–Trinajstić information content (AvgIpc) is 2.32. The molecule has 2 unspecified atom stereocenters. The fourth-order valence-electron chi connectivity index (χ4n) is 2.19. The van der Waals surface area contributed by atoms with Crippen LogP contribution in [0.25, 0.3) is 0 Å². The third-order valence-corrected chi connectivity index (χ3v) is 2.70. The minimum Gasteiger partial charge on any atom is -0.353 e. The molecule has 0 bridgehead atoms. The largest absolute Gasteiger partial charge is 0.353 e. The predicted molar refractivity (Wildman–Crippen MR) is 40.9 cm³/mol. The van der Waals surface area contributed by atoms with Gasteiger partial charge >= 0.3 is 0 Å². The Morgan fingerprint density at radius 2 is 2.55 bits per heavy atom. The number of fused-ring (bicyclic) bond motifs is 1. The van der Waals surface area contributed by atoms with Crippen LogP contribution < -0.4 is 0 Å². The van der Waals surface area contributed by atoms with Crippen LogP contribution >= 0.6 is 0 Å². The second-order valence-corrected chi connectivity index (χ2v) is 3.37. The fourth-order valence-corrected chi connectivity index (χ4v) is 2.19. The molecule has 0 aromatic carbocycles. The van der Waals surface area contributed by atoms with Crippen molar-refractivity contribution in [1.29, 1.82) is 0 Å². The van der Waals surface area contributed by atoms with Crippen molar-refractivity contribution in [2.45, 2.75) is 38.1 Å². The van der Waals surface area contributed by atoms with Crippen LogP contribution in [0.15, 0.2) is 0 Å². The van der Waals surface area contributed by atoms with Gasteiger partial charge in [-0.15, -0.1) is 0 Å². The van der Waals surface area contributed by atoms with Crippen molar-refractivity contribution in [3.63, 3.8) is 0 Å². The molecule has 0 amide bonds. The minimum atomic E-state index is -0.893. The molecule has 0 radical (unpaired) electrons. The highest BCUT2D eigenvalue weighted by atomic mass is 16.7. The Hall–Kier alpha value is -0.120. The van der Waals surface area contributed by atoms with E-state index in [1.165, 1.54) is 12.8 Å². The second kappa shape index (κ2) is 2.44. The van der Waals surface area contributed by atoms with Crippen molar-refractivity contribution in [2.75, 3.05) is 13.2 Å². The van der Waals surface area contributed by atoms with Crippen LogP contribution in [0, 0.1) is 0 Å². The molecule has 3 nitrogen and oxygen atoms in total. The maximum absolute atomic E-state index is 9.78. The van der Waals surface area contributed by atoms with E-state index >= 15 is 0 Å². The first-order chi connectivity index (χ1) is 5.26. The van der Waals surface area contributed by atoms with Gasteiger partial charge in [-0.3, -0.25) is 0 Å². The number of aliphatic hydroxyl groups is 1. The van der Waals surface area contributed by atoms with E-state index in [0.717, 1.165) is 13.0 Å². The summed E-state index contributed by atoms with van der Waals surface area (Å²) in [6.07, 6.45) is 3.25. The smallest absolute Gasteiger partial charge is 0.229 e. The Balaban J connectivity index is 1.97. The third-order valence-electron chi connectivity index (χ3n) is 2.70. The molecule has 2 fully saturated rings. The first-order valence-electron chi connectivity index (χ1n) is 4.39. The molecule has 3 heteroatoms. The highest BCUT2D eigenvalue weighted by Crippen LogP contribution is 2.41. The van der Waals surface area contributed by atoms with Gasteiger partial charge in [0, 0.05) is 25.6 Å². The molecule has 2 rings (SSSR count). The lowest BCUT2D eigenvalue weighted by molar-refractivity contribution is -0.353. The van der Waals surface area contributed by atoms with Crippen LogP contribution in [0.3, 0.4) is 0 Å². The summed E-state index contributed by atoms with van der Waals surface area (Å²) in [4.78, 5) is 2.07. The minimum absolute atomic E-state index is 0.597. The molecule has 1 N–H and O–H groups in total. The van der Waals surface area contributed by atoms with Crippen molar-refractivity contribution in [1.82, 2.24) is 4.90 Å². The van der Waals surface area contributed by atoms with E-state index in [1.54, 1.807) is 0 Å². The van der Waals surface area contributed by atoms with Gasteiger partial charge in [-0.2, -0.15) is 0 Å². The number of rotatable bonds is 2. The van der Waals surface area contributed by atoms with Gasteiger partial charge in [0.2, 0.25) is 5.91 Å². The number of nitrogens with zero attached hydrogens (tertiary/aromatic N) is 1. The number of ether oxygens (including phenoxy) is 1. The standard InChI is InChI=1S/C8H15NO2/c1-2-11-8(10)6-7-4-3-5-9(7)8/h7,10H,2-6H2,1H3. The fraction of sp³-hybridized carbons (Fsp3) is 1.00. The topological polar surface area (TPSA) is 32.7 Å². The van der Waals surface area contributed by atoms with E-state index in [1.807, 2.05) is 6.92 Å². The summed E-state index contributed by atoms with van der Waals surface area (Å²) in [5.74, 6) is -0.893. The van der Waals surface area contributed by atoms with E-state index in [0.29, 0.717) is 12.6 Å². The van der Waals surface area contributed by atoms with E-state index in [9.17, 15) is 5.11 Å². The van der Waals surface area contributed by atoms with Gasteiger partial charge < -0.3 is 9.84 Å². The van der Waals surface area contributed by atoms with Gasteiger partial charge in [0.05, 0.1) is 0 Å². The number of hydrogen-bond donors (Lipinski definition) is 1. The molecule has 2 aliphatic heterocycles. The van der Waals surface area contributed by atoms with Crippen LogP contribution in [0.4, 0.5) is 0 Å². The molecule has 2 heterocycles. The van der Waals surface area contributed by atoms with Crippen LogP contribution in [-0.4, -0.2) is 35.1 Å². The molecular weight excluding hydrogens is 142 g/mol. The Bertz CT molecular complexity index is 162. The molecule has 64 valence electrons. The molecule has 11 heavy (non-hydrogen) atoms. The average molecular weight is 157 g/mol. The zero-order valence-electron chi connectivity index (χ0n) is 6.92. The lowest BCUT2D eigenvalue weighted by atomic mass is 9.99. The Morgan fingerprint density at radius 3 is 3.18 bits per heavy atom. The van der Waals surface area contributed by atoms with Gasteiger partial charge in [-0.05, 0) is 19.8 Å². The molecule has 2 aliphatic rings. The lowest BCUT2D eigenvalue weighted by Gasteiger charge is -2.50. The molecule has 2 saturated heterocycles. The quantitative estimate of drug-likeness (QED) is 0.594. The van der Waals surface area contributed by atoms with E-state index in [2.05, 4.69) is 4.90 Å². The third kappa shape index (κ3) is 0.991. The Labute approximate surface area is 66.9 Å². The van der Waals surface area contributed by atoms with Crippen molar-refractivity contribution in [2.24, 2.45) is 0 Å². The molecular formula is C8H15NO2. The molecule has 0 aromatic heterocycles. The Morgan fingerprint density at radius 1 is 1.73 bits per heavy atom. The van der Waals surface area contributed by atoms with Gasteiger partial charge in [-0.25, -0.2) is 4.90 Å². The highest BCUT2D eigenvalue weighted by Gasteiger charge is 2.53. The zero-order chi connectivity index (χ0) is 7.90. The summed E-state index contributed by atoms with van der Waals surface area (Å²) in [5, 5.41) is 9.78. The Kier molecular flexibility index (Phi) is 1.67. The van der Waals surface area contributed by atoms with Crippen LogP contribution in [-0.2, 0) is 4.74 Å². The highest BCUT2D eigenvalue weighted by molar-refractivity contribution is 4.96. The summed E-state index contributed by atoms with van der Waals surface area (Å²) in [6, 6.07) is 0.603. The van der Waals surface area contributed by atoms with E-state index in [-0.39, 0.29) is 0 Å². The molecule has 2 atom stereocenters. The van der Waals surface area contributed by atoms with Crippen LogP contribution in [0.5, 0.6) is 0 Å². The summed E-state index contributed by atoms with van der Waals surface area (Å²) in [7, 11) is 0. The van der Waals surface area contributed by atoms with Crippen molar-refractivity contribution in [3.8, 4) is 0 Å². The summed E-state index contributed by atoms with van der Waals surface area (Å²) >= 11 is 0. The van der Waals surface area contributed by atoms with Crippen LogP contribution in [0.1, 0.15) is 26.2 Å². The van der Waals surface area contributed by atoms with Crippen molar-refractivity contribution in [3.05, 3.63) is 0 Å². The van der Waals surface area contributed by atoms with Gasteiger partial charge in [-0.1, -0.05) is 0 Å². The van der Waals surface area contributed by atoms with Crippen molar-refractivity contribution < 1.29 is 9.84 Å². The van der Waals surface area contributed by atoms with E-state index in [4.69, 9.17) is 4.74 Å². The van der Waals surface area contributed by atoms with Gasteiger partial charge in [0.25, 0.3) is 0 Å². The van der Waals surface area contributed by atoms with Gasteiger partial charge in [0.15, 0.2) is 0 Å². The van der Waals surface area contributed by atoms with Crippen molar-refractivity contribution >= 4 is 0 Å². The first kappa shape index (κ1) is 7.53. The predicted octanol–water partition coefficient (Wildman–Crippen LogP) is 0.537. The lowest BCUT2D eigenvalue weighted by Crippen LogP contribution is -2.64. The molecule has 0 aliphatic carbocycles. The zero-order valence-corrected chi connectivity index (χ0v) is 6.92. The second-order valence-electron chi connectivity index (χ2n) is 3.37. The molecule has 0 aromatic rings.